The van der Waals surface area contributed by atoms with Gasteiger partial charge in [-0.15, -0.1) is 5.10 Å². The standard InChI is InChI=1S/C12H16BrN5O/c1-17(8-9-7-14-4-6-19-9)12-15-11-10(13)3-2-5-18(11)16-12/h2-3,5,9,14H,4,6-8H2,1H3. The van der Waals surface area contributed by atoms with Gasteiger partial charge in [0.1, 0.15) is 0 Å². The number of likely N-dealkylation sites (N-methyl/N-ethyl adjacent to an activating group) is 1. The molecule has 0 aliphatic carbocycles. The fourth-order valence-electron chi connectivity index (χ4n) is 2.15. The first-order valence-electron chi connectivity index (χ1n) is 6.28. The fourth-order valence-corrected chi connectivity index (χ4v) is 2.57. The quantitative estimate of drug-likeness (QED) is 0.909. The van der Waals surface area contributed by atoms with Crippen LogP contribution in [0.4, 0.5) is 5.95 Å². The number of pyridine rings is 1. The number of anilines is 1. The zero-order chi connectivity index (χ0) is 13.2. The molecule has 3 heterocycles. The van der Waals surface area contributed by atoms with Crippen molar-refractivity contribution in [1.29, 1.82) is 0 Å². The van der Waals surface area contributed by atoms with Crippen molar-refractivity contribution in [3.8, 4) is 0 Å². The highest BCUT2D eigenvalue weighted by Crippen LogP contribution is 2.18. The van der Waals surface area contributed by atoms with E-state index in [1.54, 1.807) is 4.52 Å². The zero-order valence-electron chi connectivity index (χ0n) is 10.7. The Labute approximate surface area is 119 Å². The van der Waals surface area contributed by atoms with Gasteiger partial charge in [-0.1, -0.05) is 0 Å². The van der Waals surface area contributed by atoms with Crippen LogP contribution < -0.4 is 10.2 Å². The maximum atomic E-state index is 5.69. The first-order chi connectivity index (χ1) is 9.24. The number of halogens is 1. The summed E-state index contributed by atoms with van der Waals surface area (Å²) in [6.07, 6.45) is 2.08. The fraction of sp³-hybridized carbons (Fsp3) is 0.500. The molecule has 0 aromatic carbocycles. The second kappa shape index (κ2) is 5.44. The van der Waals surface area contributed by atoms with Crippen molar-refractivity contribution in [3.63, 3.8) is 0 Å². The third-order valence-corrected chi connectivity index (χ3v) is 3.75. The Hall–Kier alpha value is -1.18. The molecular formula is C12H16BrN5O. The number of morpholine rings is 1. The van der Waals surface area contributed by atoms with Crippen molar-refractivity contribution in [2.24, 2.45) is 0 Å². The molecular weight excluding hydrogens is 310 g/mol. The number of rotatable bonds is 3. The smallest absolute Gasteiger partial charge is 0.245 e. The molecule has 19 heavy (non-hydrogen) atoms. The van der Waals surface area contributed by atoms with Gasteiger partial charge in [0, 0.05) is 32.9 Å². The van der Waals surface area contributed by atoms with Crippen LogP contribution in [0, 0.1) is 0 Å². The average Bonchev–Trinajstić information content (AvgIpc) is 2.85. The molecule has 1 fully saturated rings. The summed E-state index contributed by atoms with van der Waals surface area (Å²) in [5.74, 6) is 0.709. The Balaban J connectivity index is 1.77. The van der Waals surface area contributed by atoms with Crippen LogP contribution in [0.3, 0.4) is 0 Å². The van der Waals surface area contributed by atoms with Crippen LogP contribution in [-0.4, -0.2) is 54.0 Å². The van der Waals surface area contributed by atoms with Crippen molar-refractivity contribution >= 4 is 27.5 Å². The van der Waals surface area contributed by atoms with Crippen LogP contribution in [0.25, 0.3) is 5.65 Å². The number of hydrogen-bond donors (Lipinski definition) is 1. The Morgan fingerprint density at radius 3 is 3.26 bits per heavy atom. The predicted octanol–water partition coefficient (Wildman–Crippen LogP) is 0.916. The Bertz CT molecular complexity index is 566. The Kier molecular flexibility index (Phi) is 3.67. The normalized spacial score (nSPS) is 19.8. The van der Waals surface area contributed by atoms with Gasteiger partial charge in [0.15, 0.2) is 5.65 Å². The molecule has 3 rings (SSSR count). The summed E-state index contributed by atoms with van der Waals surface area (Å²) in [6.45, 7) is 3.35. The minimum atomic E-state index is 0.189. The molecule has 2 aromatic heterocycles. The molecule has 1 aliphatic rings. The first kappa shape index (κ1) is 12.8. The lowest BCUT2D eigenvalue weighted by Crippen LogP contribution is -2.44. The van der Waals surface area contributed by atoms with Gasteiger partial charge in [-0.05, 0) is 28.1 Å². The number of aromatic nitrogens is 3. The number of fused-ring (bicyclic) bond motifs is 1. The molecule has 0 saturated carbocycles. The van der Waals surface area contributed by atoms with E-state index < -0.39 is 0 Å². The summed E-state index contributed by atoms with van der Waals surface area (Å²) in [7, 11) is 1.99. The van der Waals surface area contributed by atoms with Crippen molar-refractivity contribution in [2.75, 3.05) is 38.2 Å². The number of ether oxygens (including phenoxy) is 1. The largest absolute Gasteiger partial charge is 0.374 e. The van der Waals surface area contributed by atoms with E-state index >= 15 is 0 Å². The van der Waals surface area contributed by atoms with Crippen molar-refractivity contribution in [2.45, 2.75) is 6.10 Å². The molecule has 7 heteroatoms. The SMILES string of the molecule is CN(CC1CNCCO1)c1nc2c(Br)cccn2n1. The van der Waals surface area contributed by atoms with Crippen molar-refractivity contribution in [3.05, 3.63) is 22.8 Å². The molecule has 1 aliphatic heterocycles. The Morgan fingerprint density at radius 2 is 2.53 bits per heavy atom. The molecule has 1 atom stereocenters. The predicted molar refractivity (Wildman–Crippen MR) is 76.6 cm³/mol. The van der Waals surface area contributed by atoms with E-state index in [1.807, 2.05) is 30.3 Å². The summed E-state index contributed by atoms with van der Waals surface area (Å²) in [4.78, 5) is 6.56. The summed E-state index contributed by atoms with van der Waals surface area (Å²) < 4.78 is 8.41. The summed E-state index contributed by atoms with van der Waals surface area (Å²) in [5, 5.41) is 7.79. The maximum absolute atomic E-state index is 5.69. The second-order valence-corrected chi connectivity index (χ2v) is 5.47. The molecule has 1 N–H and O–H groups in total. The number of hydrogen-bond acceptors (Lipinski definition) is 5. The van der Waals surface area contributed by atoms with E-state index in [9.17, 15) is 0 Å². The lowest BCUT2D eigenvalue weighted by Gasteiger charge is -2.27. The summed E-state index contributed by atoms with van der Waals surface area (Å²) in [5.41, 5.74) is 0.826. The van der Waals surface area contributed by atoms with Gasteiger partial charge in [0.05, 0.1) is 17.2 Å². The van der Waals surface area contributed by atoms with Crippen molar-refractivity contribution < 1.29 is 4.74 Å². The van der Waals surface area contributed by atoms with Gasteiger partial charge in [0.25, 0.3) is 0 Å². The van der Waals surface area contributed by atoms with E-state index in [1.165, 1.54) is 0 Å². The highest BCUT2D eigenvalue weighted by atomic mass is 79.9. The van der Waals surface area contributed by atoms with E-state index in [0.29, 0.717) is 5.95 Å². The van der Waals surface area contributed by atoms with Crippen LogP contribution >= 0.6 is 15.9 Å². The summed E-state index contributed by atoms with van der Waals surface area (Å²) in [6, 6.07) is 3.89. The van der Waals surface area contributed by atoms with Crippen LogP contribution in [-0.2, 0) is 4.74 Å². The maximum Gasteiger partial charge on any atom is 0.245 e. The first-order valence-corrected chi connectivity index (χ1v) is 7.07. The molecule has 1 unspecified atom stereocenters. The topological polar surface area (TPSA) is 54.7 Å². The molecule has 0 spiro atoms. The minimum absolute atomic E-state index is 0.189. The number of nitrogens with one attached hydrogen (secondary N) is 1. The highest BCUT2D eigenvalue weighted by molar-refractivity contribution is 9.10. The van der Waals surface area contributed by atoms with Gasteiger partial charge in [-0.25, -0.2) is 4.52 Å². The monoisotopic (exact) mass is 325 g/mol. The third-order valence-electron chi connectivity index (χ3n) is 3.13. The second-order valence-electron chi connectivity index (χ2n) is 4.61. The van der Waals surface area contributed by atoms with Crippen LogP contribution in [0.5, 0.6) is 0 Å². The molecule has 1 saturated heterocycles. The van der Waals surface area contributed by atoms with Gasteiger partial charge in [-0.2, -0.15) is 4.98 Å². The molecule has 0 amide bonds. The van der Waals surface area contributed by atoms with Gasteiger partial charge < -0.3 is 15.0 Å². The minimum Gasteiger partial charge on any atom is -0.374 e. The van der Waals surface area contributed by atoms with Crippen LogP contribution in [0.15, 0.2) is 22.8 Å². The lowest BCUT2D eigenvalue weighted by molar-refractivity contribution is 0.0338. The molecule has 102 valence electrons. The molecule has 0 bridgehead atoms. The number of nitrogens with zero attached hydrogens (tertiary/aromatic N) is 4. The molecule has 2 aromatic rings. The van der Waals surface area contributed by atoms with E-state index in [2.05, 4.69) is 31.3 Å². The lowest BCUT2D eigenvalue weighted by atomic mass is 10.3. The van der Waals surface area contributed by atoms with E-state index in [4.69, 9.17) is 4.74 Å². The summed E-state index contributed by atoms with van der Waals surface area (Å²) >= 11 is 3.48. The average molecular weight is 326 g/mol. The van der Waals surface area contributed by atoms with Gasteiger partial charge >= 0.3 is 0 Å². The molecule has 6 nitrogen and oxygen atoms in total. The van der Waals surface area contributed by atoms with Crippen molar-refractivity contribution in [1.82, 2.24) is 19.9 Å². The zero-order valence-corrected chi connectivity index (χ0v) is 12.3. The van der Waals surface area contributed by atoms with Gasteiger partial charge in [0.2, 0.25) is 5.95 Å². The van der Waals surface area contributed by atoms with Crippen LogP contribution in [0.1, 0.15) is 0 Å². The Morgan fingerprint density at radius 1 is 1.63 bits per heavy atom. The highest BCUT2D eigenvalue weighted by Gasteiger charge is 2.18. The third kappa shape index (κ3) is 2.72. The van der Waals surface area contributed by atoms with Gasteiger partial charge in [-0.3, -0.25) is 0 Å². The van der Waals surface area contributed by atoms with E-state index in [-0.39, 0.29) is 6.10 Å². The van der Waals surface area contributed by atoms with E-state index in [0.717, 1.165) is 36.4 Å². The molecule has 0 radical (unpaired) electrons. The van der Waals surface area contributed by atoms with Crippen LogP contribution in [0.2, 0.25) is 0 Å².